The Balaban J connectivity index is 1.93. The van der Waals surface area contributed by atoms with Crippen molar-refractivity contribution in [1.82, 2.24) is 4.98 Å². The summed E-state index contributed by atoms with van der Waals surface area (Å²) in [5.41, 5.74) is 3.41. The number of benzene rings is 3. The van der Waals surface area contributed by atoms with E-state index in [9.17, 15) is 4.79 Å². The Labute approximate surface area is 178 Å². The Morgan fingerprint density at radius 1 is 0.963 bits per heavy atom. The van der Waals surface area contributed by atoms with Crippen LogP contribution in [-0.4, -0.2) is 4.98 Å². The molecule has 0 fully saturated rings. The second-order valence-corrected chi connectivity index (χ2v) is 8.56. The lowest BCUT2D eigenvalue weighted by molar-refractivity contribution is 1.37. The Kier molecular flexibility index (Phi) is 4.95. The second-order valence-electron chi connectivity index (χ2n) is 5.94. The van der Waals surface area contributed by atoms with Gasteiger partial charge in [-0.1, -0.05) is 52.5 Å². The molecule has 2 aromatic carbocycles. The fourth-order valence-electron chi connectivity index (χ4n) is 2.79. The zero-order valence-corrected chi connectivity index (χ0v) is 17.6. The number of fused-ring (bicyclic) bond motifs is 2. The smallest absolute Gasteiger partial charge is 0.218 e. The van der Waals surface area contributed by atoms with Crippen LogP contribution in [0, 0.1) is 6.92 Å². The monoisotopic (exact) mass is 454 g/mol. The molecule has 2 aromatic rings. The van der Waals surface area contributed by atoms with Gasteiger partial charge in [-0.3, -0.25) is 4.79 Å². The van der Waals surface area contributed by atoms with Crippen LogP contribution in [0.4, 0.5) is 11.4 Å². The van der Waals surface area contributed by atoms with Gasteiger partial charge in [0.1, 0.15) is 15.7 Å². The van der Waals surface area contributed by atoms with E-state index in [0.717, 1.165) is 27.2 Å². The third-order valence-electron chi connectivity index (χ3n) is 4.03. The Hall–Kier alpha value is -1.56. The maximum Gasteiger partial charge on any atom is 0.218 e. The van der Waals surface area contributed by atoms with Crippen LogP contribution in [0.2, 0.25) is 20.1 Å². The average molecular weight is 456 g/mol. The molecule has 0 saturated carbocycles. The Bertz CT molecular complexity index is 1240. The van der Waals surface area contributed by atoms with Crippen molar-refractivity contribution in [3.63, 3.8) is 0 Å². The van der Waals surface area contributed by atoms with Crippen molar-refractivity contribution in [3.05, 3.63) is 72.3 Å². The summed E-state index contributed by atoms with van der Waals surface area (Å²) in [5, 5.41) is 4.02. The first-order valence-corrected chi connectivity index (χ1v) is 10.1. The van der Waals surface area contributed by atoms with E-state index in [4.69, 9.17) is 46.4 Å². The van der Waals surface area contributed by atoms with Crippen LogP contribution in [0.15, 0.2) is 41.2 Å². The van der Waals surface area contributed by atoms with Crippen molar-refractivity contribution in [3.8, 4) is 10.6 Å². The van der Waals surface area contributed by atoms with Gasteiger partial charge >= 0.3 is 0 Å². The quantitative estimate of drug-likeness (QED) is 0.252. The molecule has 0 aromatic heterocycles. The SMILES string of the molecule is Cc1cc(Nc2cccc(Cl)c2)cc2sc3c(Cl)c(=O)c(Cl)c(Cl)c-3nc12. The highest BCUT2D eigenvalue weighted by Gasteiger charge is 2.22. The van der Waals surface area contributed by atoms with Gasteiger partial charge in [0.25, 0.3) is 0 Å². The second kappa shape index (κ2) is 7.12. The first kappa shape index (κ1) is 18.8. The van der Waals surface area contributed by atoms with E-state index >= 15 is 0 Å². The summed E-state index contributed by atoms with van der Waals surface area (Å²) >= 11 is 25.8. The van der Waals surface area contributed by atoms with Crippen molar-refractivity contribution < 1.29 is 0 Å². The summed E-state index contributed by atoms with van der Waals surface area (Å²) in [7, 11) is 0. The van der Waals surface area contributed by atoms with Crippen molar-refractivity contribution in [2.45, 2.75) is 6.92 Å². The minimum absolute atomic E-state index is 0.0321. The number of nitrogens with one attached hydrogen (secondary N) is 1. The zero-order chi connectivity index (χ0) is 19.3. The molecule has 0 bridgehead atoms. The highest BCUT2D eigenvalue weighted by atomic mass is 35.5. The fourth-order valence-corrected chi connectivity index (χ4v) is 4.93. The molecule has 0 amide bonds. The first-order valence-electron chi connectivity index (χ1n) is 7.79. The van der Waals surface area contributed by atoms with E-state index < -0.39 is 5.43 Å². The summed E-state index contributed by atoms with van der Waals surface area (Å²) in [5.74, 6) is 0. The molecule has 0 unspecified atom stereocenters. The summed E-state index contributed by atoms with van der Waals surface area (Å²) in [6, 6.07) is 11.4. The van der Waals surface area contributed by atoms with E-state index in [1.54, 1.807) is 0 Å². The number of aryl methyl sites for hydroxylation is 1. The van der Waals surface area contributed by atoms with Crippen molar-refractivity contribution >= 4 is 79.3 Å². The van der Waals surface area contributed by atoms with Gasteiger partial charge in [-0.2, -0.15) is 0 Å². The Morgan fingerprint density at radius 3 is 2.48 bits per heavy atom. The van der Waals surface area contributed by atoms with Gasteiger partial charge in [0.05, 0.1) is 20.1 Å². The molecular formula is C19H10Cl4N2OS. The lowest BCUT2D eigenvalue weighted by Gasteiger charge is -2.14. The molecule has 8 heteroatoms. The minimum Gasteiger partial charge on any atom is -0.355 e. The van der Waals surface area contributed by atoms with E-state index in [-0.39, 0.29) is 15.1 Å². The average Bonchev–Trinajstić information content (AvgIpc) is 2.64. The third kappa shape index (κ3) is 3.37. The molecule has 4 rings (SSSR count). The van der Waals surface area contributed by atoms with Crippen molar-refractivity contribution in [1.29, 1.82) is 0 Å². The van der Waals surface area contributed by atoms with Crippen LogP contribution in [0.1, 0.15) is 5.56 Å². The largest absolute Gasteiger partial charge is 0.355 e. The van der Waals surface area contributed by atoms with E-state index in [0.29, 0.717) is 15.6 Å². The lowest BCUT2D eigenvalue weighted by atomic mass is 10.1. The molecule has 0 atom stereocenters. The predicted molar refractivity (Wildman–Crippen MR) is 117 cm³/mol. The number of rotatable bonds is 2. The molecule has 1 aliphatic heterocycles. The van der Waals surface area contributed by atoms with Crippen LogP contribution in [0.3, 0.4) is 0 Å². The zero-order valence-electron chi connectivity index (χ0n) is 13.7. The van der Waals surface area contributed by atoms with Crippen LogP contribution in [-0.2, 0) is 0 Å². The van der Waals surface area contributed by atoms with Gasteiger partial charge in [0.2, 0.25) is 5.43 Å². The van der Waals surface area contributed by atoms with Gasteiger partial charge in [0.15, 0.2) is 0 Å². The number of hydrogen-bond acceptors (Lipinski definition) is 4. The molecule has 3 nitrogen and oxygen atoms in total. The highest BCUT2D eigenvalue weighted by molar-refractivity contribution is 7.22. The van der Waals surface area contributed by atoms with E-state index in [1.165, 1.54) is 11.3 Å². The molecule has 0 saturated heterocycles. The summed E-state index contributed by atoms with van der Waals surface area (Å²) in [4.78, 5) is 17.3. The van der Waals surface area contributed by atoms with Gasteiger partial charge in [-0.05, 0) is 42.8 Å². The summed E-state index contributed by atoms with van der Waals surface area (Å²) in [6.45, 7) is 1.95. The Morgan fingerprint density at radius 2 is 1.74 bits per heavy atom. The topological polar surface area (TPSA) is 42.0 Å². The minimum atomic E-state index is -0.488. The van der Waals surface area contributed by atoms with Crippen LogP contribution < -0.4 is 10.7 Å². The molecule has 1 heterocycles. The normalized spacial score (nSPS) is 11.3. The van der Waals surface area contributed by atoms with Gasteiger partial charge in [0, 0.05) is 16.4 Å². The summed E-state index contributed by atoms with van der Waals surface area (Å²) in [6.07, 6.45) is 0. The molecule has 2 aliphatic rings. The van der Waals surface area contributed by atoms with Gasteiger partial charge in [-0.15, -0.1) is 11.3 Å². The van der Waals surface area contributed by atoms with Crippen LogP contribution in [0.25, 0.3) is 20.8 Å². The third-order valence-corrected chi connectivity index (χ3v) is 6.69. The first-order chi connectivity index (χ1) is 12.8. The molecule has 1 aliphatic carbocycles. The van der Waals surface area contributed by atoms with E-state index in [2.05, 4.69) is 10.3 Å². The maximum absolute atomic E-state index is 12.2. The number of nitrogens with zero attached hydrogens (tertiary/aromatic N) is 1. The lowest BCUT2D eigenvalue weighted by Crippen LogP contribution is -2.06. The molecule has 136 valence electrons. The number of hydrogen-bond donors (Lipinski definition) is 1. The number of halogens is 4. The van der Waals surface area contributed by atoms with Crippen LogP contribution in [0.5, 0.6) is 0 Å². The maximum atomic E-state index is 12.2. The standard InChI is InChI=1S/C19H10Cl4N2OS/c1-8-5-11(24-10-4-2-3-9(20)6-10)7-12-16(8)25-17-13(21)14(22)18(26)15(23)19(17)27-12/h2-7,24H,1H3. The van der Waals surface area contributed by atoms with Crippen molar-refractivity contribution in [2.75, 3.05) is 5.32 Å². The molecule has 27 heavy (non-hydrogen) atoms. The molecule has 1 N–H and O–H groups in total. The molecule has 0 radical (unpaired) electrons. The fraction of sp³-hybridized carbons (Fsp3) is 0.0526. The highest BCUT2D eigenvalue weighted by Crippen LogP contribution is 2.42. The predicted octanol–water partition coefficient (Wildman–Crippen LogP) is 7.43. The van der Waals surface area contributed by atoms with E-state index in [1.807, 2.05) is 43.3 Å². The molecular weight excluding hydrogens is 446 g/mol. The van der Waals surface area contributed by atoms with Gasteiger partial charge in [-0.25, -0.2) is 4.98 Å². The molecule has 0 spiro atoms. The number of aromatic nitrogens is 1. The van der Waals surface area contributed by atoms with Crippen molar-refractivity contribution in [2.24, 2.45) is 0 Å². The summed E-state index contributed by atoms with van der Waals surface area (Å²) < 4.78 is 0.867. The van der Waals surface area contributed by atoms with Crippen LogP contribution >= 0.6 is 57.7 Å². The van der Waals surface area contributed by atoms with Gasteiger partial charge < -0.3 is 5.32 Å². The number of anilines is 2.